The third-order valence-electron chi connectivity index (χ3n) is 2.13. The first-order valence-electron chi connectivity index (χ1n) is 4.99. The van der Waals surface area contributed by atoms with Gasteiger partial charge in [0.15, 0.2) is 0 Å². The predicted octanol–water partition coefficient (Wildman–Crippen LogP) is 0.461. The molecule has 2 rings (SSSR count). The van der Waals surface area contributed by atoms with E-state index in [2.05, 4.69) is 15.0 Å². The molecule has 0 atom stereocenters. The van der Waals surface area contributed by atoms with Crippen LogP contribution in [0.5, 0.6) is 0 Å². The topological polar surface area (TPSA) is 108 Å². The first kappa shape index (κ1) is 11.0. The van der Waals surface area contributed by atoms with Crippen molar-refractivity contribution in [2.45, 2.75) is 6.42 Å². The van der Waals surface area contributed by atoms with Gasteiger partial charge in [-0.1, -0.05) is 30.3 Å². The largest absolute Gasteiger partial charge is 0.368 e. The third-order valence-corrected chi connectivity index (χ3v) is 2.13. The van der Waals surface area contributed by atoms with Crippen LogP contribution in [0.4, 0.5) is 11.9 Å². The Hall–Kier alpha value is -2.50. The molecule has 1 aromatic carbocycles. The van der Waals surface area contributed by atoms with E-state index < -0.39 is 0 Å². The second kappa shape index (κ2) is 4.56. The van der Waals surface area contributed by atoms with Gasteiger partial charge in [-0.2, -0.15) is 15.0 Å². The lowest BCUT2D eigenvalue weighted by molar-refractivity contribution is 0.0983. The van der Waals surface area contributed by atoms with Crippen molar-refractivity contribution in [3.05, 3.63) is 41.7 Å². The molecule has 0 aliphatic rings. The zero-order valence-electron chi connectivity index (χ0n) is 9.00. The SMILES string of the molecule is Nc1nc(N)nc(C(=O)Cc2ccccc2)n1. The lowest BCUT2D eigenvalue weighted by Crippen LogP contribution is -2.13. The number of nitrogens with two attached hydrogens (primary N) is 2. The molecule has 4 N–H and O–H groups in total. The van der Waals surface area contributed by atoms with Crippen molar-refractivity contribution in [2.24, 2.45) is 0 Å². The summed E-state index contributed by atoms with van der Waals surface area (Å²) in [7, 11) is 0. The number of hydrogen-bond acceptors (Lipinski definition) is 6. The molecule has 0 aliphatic heterocycles. The fourth-order valence-corrected chi connectivity index (χ4v) is 1.39. The Bertz CT molecular complexity index is 521. The maximum absolute atomic E-state index is 11.9. The Labute approximate surface area is 97.7 Å². The van der Waals surface area contributed by atoms with E-state index in [4.69, 9.17) is 11.5 Å². The van der Waals surface area contributed by atoms with Gasteiger partial charge >= 0.3 is 0 Å². The summed E-state index contributed by atoms with van der Waals surface area (Å²) in [5.41, 5.74) is 11.7. The average Bonchev–Trinajstić information content (AvgIpc) is 2.29. The summed E-state index contributed by atoms with van der Waals surface area (Å²) < 4.78 is 0. The minimum atomic E-state index is -0.239. The number of hydrogen-bond donors (Lipinski definition) is 2. The van der Waals surface area contributed by atoms with Crippen LogP contribution >= 0.6 is 0 Å². The van der Waals surface area contributed by atoms with Crippen molar-refractivity contribution < 1.29 is 4.79 Å². The van der Waals surface area contributed by atoms with E-state index in [9.17, 15) is 4.79 Å². The smallest absolute Gasteiger partial charge is 0.225 e. The Morgan fingerprint density at radius 3 is 2.18 bits per heavy atom. The van der Waals surface area contributed by atoms with Crippen LogP contribution < -0.4 is 11.5 Å². The van der Waals surface area contributed by atoms with Crippen LogP contribution in [0, 0.1) is 0 Å². The molecule has 17 heavy (non-hydrogen) atoms. The molecule has 0 radical (unpaired) electrons. The van der Waals surface area contributed by atoms with Crippen molar-refractivity contribution in [1.29, 1.82) is 0 Å². The lowest BCUT2D eigenvalue weighted by Gasteiger charge is -2.01. The van der Waals surface area contributed by atoms with Crippen LogP contribution in [-0.4, -0.2) is 20.7 Å². The second-order valence-corrected chi connectivity index (χ2v) is 3.46. The quantitative estimate of drug-likeness (QED) is 0.740. The van der Waals surface area contributed by atoms with E-state index in [-0.39, 0.29) is 29.9 Å². The summed E-state index contributed by atoms with van der Waals surface area (Å²) in [6.45, 7) is 0. The maximum Gasteiger partial charge on any atom is 0.225 e. The molecule has 0 spiro atoms. The van der Waals surface area contributed by atoms with Gasteiger partial charge in [0.25, 0.3) is 0 Å². The predicted molar refractivity (Wildman–Crippen MR) is 63.1 cm³/mol. The number of aromatic nitrogens is 3. The highest BCUT2D eigenvalue weighted by Gasteiger charge is 2.12. The average molecular weight is 229 g/mol. The molecule has 0 saturated heterocycles. The highest BCUT2D eigenvalue weighted by atomic mass is 16.1. The Morgan fingerprint density at radius 2 is 1.59 bits per heavy atom. The van der Waals surface area contributed by atoms with Gasteiger partial charge in [-0.3, -0.25) is 4.79 Å². The van der Waals surface area contributed by atoms with Crippen molar-refractivity contribution >= 4 is 17.7 Å². The molecular weight excluding hydrogens is 218 g/mol. The van der Waals surface area contributed by atoms with Crippen molar-refractivity contribution in [3.63, 3.8) is 0 Å². The Balaban J connectivity index is 2.20. The number of anilines is 2. The highest BCUT2D eigenvalue weighted by molar-refractivity contribution is 5.94. The van der Waals surface area contributed by atoms with Crippen LogP contribution in [-0.2, 0) is 6.42 Å². The van der Waals surface area contributed by atoms with E-state index >= 15 is 0 Å². The van der Waals surface area contributed by atoms with Gasteiger partial charge < -0.3 is 11.5 Å². The van der Waals surface area contributed by atoms with Gasteiger partial charge in [0, 0.05) is 6.42 Å². The van der Waals surface area contributed by atoms with Gasteiger partial charge in [0.05, 0.1) is 0 Å². The number of Topliss-reactive ketones (excluding diaryl/α,β-unsaturated/α-hetero) is 1. The van der Waals surface area contributed by atoms with Gasteiger partial charge in [-0.05, 0) is 5.56 Å². The number of rotatable bonds is 3. The van der Waals surface area contributed by atoms with E-state index in [1.807, 2.05) is 30.3 Å². The zero-order valence-corrected chi connectivity index (χ0v) is 9.00. The molecule has 0 bridgehead atoms. The molecule has 86 valence electrons. The number of nitrogens with zero attached hydrogens (tertiary/aromatic N) is 3. The minimum absolute atomic E-state index is 0.00106. The fraction of sp³-hybridized carbons (Fsp3) is 0.0909. The standard InChI is InChI=1S/C11H11N5O/c12-10-14-9(15-11(13)16-10)8(17)6-7-4-2-1-3-5-7/h1-5H,6H2,(H4,12,13,14,15,16). The number of carbonyl (C=O) groups excluding carboxylic acids is 1. The van der Waals surface area contributed by atoms with Crippen LogP contribution in [0.15, 0.2) is 30.3 Å². The molecule has 6 nitrogen and oxygen atoms in total. The van der Waals surface area contributed by atoms with E-state index in [1.54, 1.807) is 0 Å². The van der Waals surface area contributed by atoms with Gasteiger partial charge in [-0.25, -0.2) is 0 Å². The molecule has 1 heterocycles. The molecule has 0 unspecified atom stereocenters. The van der Waals surface area contributed by atoms with Crippen molar-refractivity contribution in [2.75, 3.05) is 11.5 Å². The first-order chi connectivity index (χ1) is 8.15. The highest BCUT2D eigenvalue weighted by Crippen LogP contribution is 2.05. The van der Waals surface area contributed by atoms with E-state index in [1.165, 1.54) is 0 Å². The Morgan fingerprint density at radius 1 is 1.00 bits per heavy atom. The molecule has 6 heteroatoms. The lowest BCUT2D eigenvalue weighted by atomic mass is 10.1. The normalized spacial score (nSPS) is 10.1. The molecule has 0 aliphatic carbocycles. The zero-order chi connectivity index (χ0) is 12.3. The summed E-state index contributed by atoms with van der Waals surface area (Å²) >= 11 is 0. The first-order valence-corrected chi connectivity index (χ1v) is 4.99. The van der Waals surface area contributed by atoms with Gasteiger partial charge in [0.2, 0.25) is 23.5 Å². The monoisotopic (exact) mass is 229 g/mol. The second-order valence-electron chi connectivity index (χ2n) is 3.46. The summed E-state index contributed by atoms with van der Waals surface area (Å²) in [4.78, 5) is 23.0. The number of ketones is 1. The number of nitrogen functional groups attached to an aromatic ring is 2. The fourth-order valence-electron chi connectivity index (χ4n) is 1.39. The number of benzene rings is 1. The summed E-state index contributed by atoms with van der Waals surface area (Å²) in [6.07, 6.45) is 0.212. The van der Waals surface area contributed by atoms with Crippen molar-refractivity contribution in [3.8, 4) is 0 Å². The van der Waals surface area contributed by atoms with Crippen molar-refractivity contribution in [1.82, 2.24) is 15.0 Å². The molecule has 1 aromatic heterocycles. The van der Waals surface area contributed by atoms with Gasteiger partial charge in [0.1, 0.15) is 0 Å². The van der Waals surface area contributed by atoms with Crippen LogP contribution in [0.2, 0.25) is 0 Å². The minimum Gasteiger partial charge on any atom is -0.368 e. The van der Waals surface area contributed by atoms with Crippen LogP contribution in [0.25, 0.3) is 0 Å². The Kier molecular flexibility index (Phi) is 2.95. The van der Waals surface area contributed by atoms with Gasteiger partial charge in [-0.15, -0.1) is 0 Å². The molecule has 2 aromatic rings. The third kappa shape index (κ3) is 2.75. The maximum atomic E-state index is 11.9. The number of carbonyl (C=O) groups is 1. The summed E-state index contributed by atoms with van der Waals surface area (Å²) in [5.74, 6) is -0.335. The summed E-state index contributed by atoms with van der Waals surface area (Å²) in [5, 5.41) is 0. The molecular formula is C11H11N5O. The van der Waals surface area contributed by atoms with E-state index in [0.717, 1.165) is 5.56 Å². The van der Waals surface area contributed by atoms with E-state index in [0.29, 0.717) is 0 Å². The summed E-state index contributed by atoms with van der Waals surface area (Å²) in [6, 6.07) is 9.31. The van der Waals surface area contributed by atoms with Crippen LogP contribution in [0.1, 0.15) is 16.2 Å². The molecule has 0 amide bonds. The van der Waals surface area contributed by atoms with Crippen LogP contribution in [0.3, 0.4) is 0 Å². The molecule has 0 saturated carbocycles. The molecule has 0 fully saturated rings.